The third-order valence-corrected chi connectivity index (χ3v) is 5.99. The Kier molecular flexibility index (Phi) is 9.44. The number of hydrogen-bond donors (Lipinski definition) is 0. The quantitative estimate of drug-likeness (QED) is 0.450. The maximum absolute atomic E-state index is 12.7. The van der Waals surface area contributed by atoms with E-state index in [2.05, 4.69) is 11.0 Å². The van der Waals surface area contributed by atoms with E-state index in [1.54, 1.807) is 39.5 Å². The number of piperazine rings is 1. The van der Waals surface area contributed by atoms with Crippen LogP contribution in [0.2, 0.25) is 0 Å². The average molecular weight is 484 g/mol. The molecule has 2 aromatic rings. The van der Waals surface area contributed by atoms with E-state index < -0.39 is 0 Å². The van der Waals surface area contributed by atoms with Crippen molar-refractivity contribution < 1.29 is 28.5 Å². The minimum atomic E-state index is 0.128. The van der Waals surface area contributed by atoms with Crippen molar-refractivity contribution in [3.05, 3.63) is 41.5 Å². The molecule has 1 amide bonds. The van der Waals surface area contributed by atoms with E-state index in [0.717, 1.165) is 18.7 Å². The van der Waals surface area contributed by atoms with Gasteiger partial charge in [-0.3, -0.25) is 9.69 Å². The lowest BCUT2D eigenvalue weighted by Crippen LogP contribution is -2.48. The number of methoxy groups -OCH3 is 4. The molecule has 0 spiro atoms. The Labute approximate surface area is 206 Å². The van der Waals surface area contributed by atoms with Crippen molar-refractivity contribution in [1.29, 1.82) is 5.26 Å². The molecule has 1 aliphatic heterocycles. The summed E-state index contributed by atoms with van der Waals surface area (Å²) < 4.78 is 27.5. The van der Waals surface area contributed by atoms with Crippen LogP contribution in [0, 0.1) is 11.3 Å². The van der Waals surface area contributed by atoms with Crippen LogP contribution in [0.3, 0.4) is 0 Å². The van der Waals surface area contributed by atoms with Gasteiger partial charge in [-0.1, -0.05) is 6.07 Å². The van der Waals surface area contributed by atoms with Crippen molar-refractivity contribution in [2.45, 2.75) is 19.4 Å². The first kappa shape index (κ1) is 26.0. The fraction of sp³-hybridized carbons (Fsp3) is 0.462. The van der Waals surface area contributed by atoms with Gasteiger partial charge in [-0.05, 0) is 24.6 Å². The third kappa shape index (κ3) is 6.49. The lowest BCUT2D eigenvalue weighted by Gasteiger charge is -2.35. The first-order valence-electron chi connectivity index (χ1n) is 11.5. The van der Waals surface area contributed by atoms with Crippen LogP contribution in [0.15, 0.2) is 30.3 Å². The second-order valence-corrected chi connectivity index (χ2v) is 8.08. The molecule has 0 bridgehead atoms. The Bertz CT molecular complexity index is 1040. The predicted octanol–water partition coefficient (Wildman–Crippen LogP) is 3.10. The summed E-state index contributed by atoms with van der Waals surface area (Å²) in [6, 6.07) is 11.0. The van der Waals surface area contributed by atoms with Gasteiger partial charge in [0.05, 0.1) is 46.7 Å². The maximum Gasteiger partial charge on any atom is 0.222 e. The minimum absolute atomic E-state index is 0.128. The normalized spacial score (nSPS) is 13.6. The van der Waals surface area contributed by atoms with Gasteiger partial charge in [0.15, 0.2) is 23.0 Å². The largest absolute Gasteiger partial charge is 0.493 e. The van der Waals surface area contributed by atoms with Gasteiger partial charge in [0.1, 0.15) is 0 Å². The first-order chi connectivity index (χ1) is 17.0. The molecule has 3 rings (SSSR count). The van der Waals surface area contributed by atoms with Crippen molar-refractivity contribution in [2.75, 3.05) is 61.2 Å². The summed E-state index contributed by atoms with van der Waals surface area (Å²) >= 11 is 0. The van der Waals surface area contributed by atoms with Gasteiger partial charge in [-0.15, -0.1) is 0 Å². The van der Waals surface area contributed by atoms with E-state index in [1.807, 2.05) is 17.0 Å². The number of carbonyl (C=O) groups excluding carboxylic acids is 1. The number of ether oxygens (including phenoxy) is 5. The van der Waals surface area contributed by atoms with Crippen LogP contribution < -0.4 is 23.7 Å². The molecule has 0 radical (unpaired) electrons. The molecule has 1 fully saturated rings. The predicted molar refractivity (Wildman–Crippen MR) is 130 cm³/mol. The molecule has 1 saturated heterocycles. The van der Waals surface area contributed by atoms with Gasteiger partial charge in [-0.2, -0.15) is 5.26 Å². The number of nitriles is 1. The first-order valence-corrected chi connectivity index (χ1v) is 11.5. The van der Waals surface area contributed by atoms with E-state index in [9.17, 15) is 4.79 Å². The standard InChI is InChI=1S/C26H33N3O6/c1-31-22-10-8-20(25(33-3)26(22)34-4)18-28-11-13-29(14-12-28)24(30)6-5-15-35-21-9-7-19(17-27)16-23(21)32-2/h7-10,16H,5-6,11-15,18H2,1-4H3. The van der Waals surface area contributed by atoms with E-state index in [4.69, 9.17) is 28.9 Å². The van der Waals surface area contributed by atoms with E-state index >= 15 is 0 Å². The number of carbonyl (C=O) groups is 1. The average Bonchev–Trinajstić information content (AvgIpc) is 2.90. The molecule has 1 aliphatic rings. The summed E-state index contributed by atoms with van der Waals surface area (Å²) in [6.07, 6.45) is 1.02. The third-order valence-electron chi connectivity index (χ3n) is 5.99. The highest BCUT2D eigenvalue weighted by Crippen LogP contribution is 2.40. The van der Waals surface area contributed by atoms with Gasteiger partial charge in [0.25, 0.3) is 0 Å². The number of amides is 1. The smallest absolute Gasteiger partial charge is 0.222 e. The van der Waals surface area contributed by atoms with Crippen molar-refractivity contribution >= 4 is 5.91 Å². The number of rotatable bonds is 11. The molecular weight excluding hydrogens is 450 g/mol. The fourth-order valence-electron chi connectivity index (χ4n) is 4.10. The summed E-state index contributed by atoms with van der Waals surface area (Å²) in [5.74, 6) is 3.09. The number of hydrogen-bond acceptors (Lipinski definition) is 8. The SMILES string of the molecule is COc1cc(C#N)ccc1OCCCC(=O)N1CCN(Cc2ccc(OC)c(OC)c2OC)CC1. The van der Waals surface area contributed by atoms with E-state index in [-0.39, 0.29) is 5.91 Å². The van der Waals surface area contributed by atoms with Gasteiger partial charge in [0, 0.05) is 50.8 Å². The molecule has 1 heterocycles. The molecular formula is C26H33N3O6. The highest BCUT2D eigenvalue weighted by atomic mass is 16.5. The van der Waals surface area contributed by atoms with Crippen LogP contribution in [0.5, 0.6) is 28.7 Å². The molecule has 0 aliphatic carbocycles. The van der Waals surface area contributed by atoms with Gasteiger partial charge >= 0.3 is 0 Å². The Hall–Kier alpha value is -3.64. The lowest BCUT2D eigenvalue weighted by molar-refractivity contribution is -0.133. The topological polar surface area (TPSA) is 93.5 Å². The Balaban J connectivity index is 1.45. The summed E-state index contributed by atoms with van der Waals surface area (Å²) in [5.41, 5.74) is 1.52. The molecule has 2 aromatic carbocycles. The van der Waals surface area contributed by atoms with Crippen LogP contribution in [0.25, 0.3) is 0 Å². The summed E-state index contributed by atoms with van der Waals surface area (Å²) in [7, 11) is 6.36. The van der Waals surface area contributed by atoms with Crippen LogP contribution in [-0.4, -0.2) is 76.9 Å². The minimum Gasteiger partial charge on any atom is -0.493 e. The Morgan fingerprint density at radius 2 is 1.57 bits per heavy atom. The Morgan fingerprint density at radius 1 is 0.886 bits per heavy atom. The molecule has 9 nitrogen and oxygen atoms in total. The molecule has 188 valence electrons. The Morgan fingerprint density at radius 3 is 2.20 bits per heavy atom. The lowest BCUT2D eigenvalue weighted by atomic mass is 10.1. The van der Waals surface area contributed by atoms with Crippen LogP contribution >= 0.6 is 0 Å². The molecule has 0 atom stereocenters. The fourth-order valence-corrected chi connectivity index (χ4v) is 4.10. The zero-order valence-electron chi connectivity index (χ0n) is 20.8. The molecule has 0 saturated carbocycles. The zero-order chi connectivity index (χ0) is 25.2. The summed E-state index contributed by atoms with van der Waals surface area (Å²) in [4.78, 5) is 16.9. The highest BCUT2D eigenvalue weighted by Gasteiger charge is 2.23. The summed E-state index contributed by atoms with van der Waals surface area (Å²) in [6.45, 7) is 4.01. The molecule has 9 heteroatoms. The van der Waals surface area contributed by atoms with Crippen LogP contribution in [-0.2, 0) is 11.3 Å². The zero-order valence-corrected chi connectivity index (χ0v) is 20.8. The van der Waals surface area contributed by atoms with Crippen molar-refractivity contribution in [1.82, 2.24) is 9.80 Å². The number of nitrogens with zero attached hydrogens (tertiary/aromatic N) is 3. The van der Waals surface area contributed by atoms with E-state index in [1.165, 1.54) is 7.11 Å². The highest BCUT2D eigenvalue weighted by molar-refractivity contribution is 5.76. The molecule has 0 unspecified atom stereocenters. The maximum atomic E-state index is 12.7. The number of benzene rings is 2. The van der Waals surface area contributed by atoms with Gasteiger partial charge in [0.2, 0.25) is 11.7 Å². The van der Waals surface area contributed by atoms with Crippen molar-refractivity contribution in [3.8, 4) is 34.8 Å². The molecule has 0 aromatic heterocycles. The van der Waals surface area contributed by atoms with Crippen molar-refractivity contribution in [2.24, 2.45) is 0 Å². The second-order valence-electron chi connectivity index (χ2n) is 8.08. The van der Waals surface area contributed by atoms with Crippen LogP contribution in [0.1, 0.15) is 24.0 Å². The van der Waals surface area contributed by atoms with Crippen molar-refractivity contribution in [3.63, 3.8) is 0 Å². The summed E-state index contributed by atoms with van der Waals surface area (Å²) in [5, 5.41) is 9.00. The monoisotopic (exact) mass is 483 g/mol. The molecule has 35 heavy (non-hydrogen) atoms. The molecule has 0 N–H and O–H groups in total. The van der Waals surface area contributed by atoms with Crippen LogP contribution in [0.4, 0.5) is 0 Å². The van der Waals surface area contributed by atoms with Gasteiger partial charge < -0.3 is 28.6 Å². The van der Waals surface area contributed by atoms with Gasteiger partial charge in [-0.25, -0.2) is 0 Å². The second kappa shape index (κ2) is 12.7. The van der Waals surface area contributed by atoms with E-state index in [0.29, 0.717) is 73.4 Å².